The monoisotopic (exact) mass is 500 g/mol. The molecule has 0 aliphatic heterocycles. The molecule has 36 heavy (non-hydrogen) atoms. The maximum absolute atomic E-state index is 11.9. The van der Waals surface area contributed by atoms with Gasteiger partial charge in [-0.25, -0.2) is 0 Å². The zero-order valence-corrected chi connectivity index (χ0v) is 24.2. The Hall–Kier alpha value is -1.57. The molecule has 0 spiro atoms. The Morgan fingerprint density at radius 3 is 1.53 bits per heavy atom. The molecule has 0 heterocycles. The highest BCUT2D eigenvalue weighted by molar-refractivity contribution is 5.69. The summed E-state index contributed by atoms with van der Waals surface area (Å²) in [7, 11) is 0. The zero-order valence-electron chi connectivity index (χ0n) is 24.2. The number of hydrogen-bond acceptors (Lipinski definition) is 2. The Morgan fingerprint density at radius 2 is 0.944 bits per heavy atom. The highest BCUT2D eigenvalue weighted by atomic mass is 16.5. The molecule has 0 amide bonds. The number of rotatable bonds is 27. The summed E-state index contributed by atoms with van der Waals surface area (Å²) >= 11 is 0. The van der Waals surface area contributed by atoms with Gasteiger partial charge >= 0.3 is 5.97 Å². The quantitative estimate of drug-likeness (QED) is 0.0636. The summed E-state index contributed by atoms with van der Waals surface area (Å²) in [6.07, 6.45) is 44.4. The first kappa shape index (κ1) is 34.4. The molecule has 0 rings (SSSR count). The van der Waals surface area contributed by atoms with Crippen molar-refractivity contribution in [2.24, 2.45) is 0 Å². The first-order chi connectivity index (χ1) is 17.8. The minimum absolute atomic E-state index is 0.00574. The lowest BCUT2D eigenvalue weighted by molar-refractivity contribution is -0.143. The van der Waals surface area contributed by atoms with Crippen molar-refractivity contribution in [3.05, 3.63) is 48.6 Å². The largest absolute Gasteiger partial charge is 0.466 e. The minimum atomic E-state index is -0.00574. The second-order valence-electron chi connectivity index (χ2n) is 10.1. The molecular formula is C34H60O2. The fourth-order valence-electron chi connectivity index (χ4n) is 4.14. The molecule has 0 aliphatic rings. The lowest BCUT2D eigenvalue weighted by Gasteiger charge is -2.05. The highest BCUT2D eigenvalue weighted by Crippen LogP contribution is 2.10. The molecule has 0 aromatic rings. The predicted molar refractivity (Wildman–Crippen MR) is 160 cm³/mol. The molecule has 0 atom stereocenters. The van der Waals surface area contributed by atoms with Gasteiger partial charge in [-0.05, 0) is 70.6 Å². The molecule has 0 saturated heterocycles. The standard InChI is InChI=1S/C34H60O2/c1-3-5-7-9-11-13-15-17-19-20-22-24-26-28-30-32-34(35)36-33-31-29-27-25-23-21-18-16-14-12-10-8-6-4-2/h5,7,11,13,17-19,21H,3-4,6,8-10,12,14-16,20,22-33H2,1-2H3/b7-5-,13-11-,19-17-,21-18+. The molecule has 0 saturated carbocycles. The summed E-state index contributed by atoms with van der Waals surface area (Å²) in [5.41, 5.74) is 0. The van der Waals surface area contributed by atoms with Crippen molar-refractivity contribution in [1.82, 2.24) is 0 Å². The van der Waals surface area contributed by atoms with E-state index in [4.69, 9.17) is 4.74 Å². The van der Waals surface area contributed by atoms with Crippen molar-refractivity contribution in [2.45, 2.75) is 155 Å². The lowest BCUT2D eigenvalue weighted by Crippen LogP contribution is -2.05. The number of esters is 1. The lowest BCUT2D eigenvalue weighted by atomic mass is 10.1. The summed E-state index contributed by atoms with van der Waals surface area (Å²) < 4.78 is 5.40. The number of carbonyl (C=O) groups is 1. The van der Waals surface area contributed by atoms with E-state index in [2.05, 4.69) is 62.5 Å². The van der Waals surface area contributed by atoms with Crippen LogP contribution < -0.4 is 0 Å². The third kappa shape index (κ3) is 30.5. The van der Waals surface area contributed by atoms with Gasteiger partial charge in [-0.1, -0.05) is 127 Å². The fourth-order valence-corrected chi connectivity index (χ4v) is 4.14. The molecule has 0 aromatic carbocycles. The summed E-state index contributed by atoms with van der Waals surface area (Å²) in [6, 6.07) is 0. The van der Waals surface area contributed by atoms with E-state index in [1.165, 1.54) is 96.3 Å². The Morgan fingerprint density at radius 1 is 0.500 bits per heavy atom. The van der Waals surface area contributed by atoms with Crippen molar-refractivity contribution >= 4 is 5.97 Å². The summed E-state index contributed by atoms with van der Waals surface area (Å²) in [6.45, 7) is 5.04. The van der Waals surface area contributed by atoms with Crippen LogP contribution in [0.15, 0.2) is 48.6 Å². The van der Waals surface area contributed by atoms with Crippen LogP contribution in [0.2, 0.25) is 0 Å². The number of ether oxygens (including phenoxy) is 1. The summed E-state index contributed by atoms with van der Waals surface area (Å²) in [5.74, 6) is -0.00574. The van der Waals surface area contributed by atoms with E-state index in [0.717, 1.165) is 38.5 Å². The zero-order chi connectivity index (χ0) is 26.2. The van der Waals surface area contributed by atoms with Crippen LogP contribution in [-0.4, -0.2) is 12.6 Å². The van der Waals surface area contributed by atoms with Gasteiger partial charge < -0.3 is 4.74 Å². The van der Waals surface area contributed by atoms with E-state index in [1.807, 2.05) is 0 Å². The molecule has 0 radical (unpaired) electrons. The number of unbranched alkanes of at least 4 members (excludes halogenated alkanes) is 15. The molecule has 0 unspecified atom stereocenters. The third-order valence-corrected chi connectivity index (χ3v) is 6.45. The van der Waals surface area contributed by atoms with E-state index in [1.54, 1.807) is 0 Å². The van der Waals surface area contributed by atoms with Crippen LogP contribution in [0.5, 0.6) is 0 Å². The van der Waals surface area contributed by atoms with E-state index in [9.17, 15) is 4.79 Å². The molecule has 2 nitrogen and oxygen atoms in total. The van der Waals surface area contributed by atoms with Gasteiger partial charge in [0.2, 0.25) is 0 Å². The van der Waals surface area contributed by atoms with Crippen LogP contribution >= 0.6 is 0 Å². The van der Waals surface area contributed by atoms with Gasteiger partial charge in [0.15, 0.2) is 0 Å². The first-order valence-electron chi connectivity index (χ1n) is 15.6. The second-order valence-corrected chi connectivity index (χ2v) is 10.1. The average Bonchev–Trinajstić information content (AvgIpc) is 2.88. The van der Waals surface area contributed by atoms with Gasteiger partial charge in [-0.2, -0.15) is 0 Å². The molecular weight excluding hydrogens is 440 g/mol. The van der Waals surface area contributed by atoms with Gasteiger partial charge in [-0.3, -0.25) is 4.79 Å². The van der Waals surface area contributed by atoms with E-state index < -0.39 is 0 Å². The second kappa shape index (κ2) is 31.5. The Kier molecular flexibility index (Phi) is 30.1. The molecule has 0 bridgehead atoms. The van der Waals surface area contributed by atoms with Crippen LogP contribution in [0.3, 0.4) is 0 Å². The predicted octanol–water partition coefficient (Wildman–Crippen LogP) is 11.4. The fraction of sp³-hybridized carbons (Fsp3) is 0.735. The van der Waals surface area contributed by atoms with Crippen LogP contribution in [0, 0.1) is 0 Å². The summed E-state index contributed by atoms with van der Waals surface area (Å²) in [5, 5.41) is 0. The molecule has 0 fully saturated rings. The van der Waals surface area contributed by atoms with Gasteiger partial charge in [0.25, 0.3) is 0 Å². The minimum Gasteiger partial charge on any atom is -0.466 e. The van der Waals surface area contributed by atoms with Gasteiger partial charge in [0.05, 0.1) is 6.61 Å². The maximum Gasteiger partial charge on any atom is 0.305 e. The van der Waals surface area contributed by atoms with Gasteiger partial charge in [-0.15, -0.1) is 0 Å². The van der Waals surface area contributed by atoms with Crippen molar-refractivity contribution in [3.63, 3.8) is 0 Å². The SMILES string of the molecule is CC/C=C\C/C=C\C/C=C\CCCCCCCC(=O)OCCCCCC/C=C/CCCCCCCC. The highest BCUT2D eigenvalue weighted by Gasteiger charge is 2.02. The third-order valence-electron chi connectivity index (χ3n) is 6.45. The summed E-state index contributed by atoms with van der Waals surface area (Å²) in [4.78, 5) is 11.9. The van der Waals surface area contributed by atoms with E-state index >= 15 is 0 Å². The number of allylic oxidation sites excluding steroid dienone is 8. The van der Waals surface area contributed by atoms with Crippen molar-refractivity contribution < 1.29 is 9.53 Å². The van der Waals surface area contributed by atoms with E-state index in [-0.39, 0.29) is 5.97 Å². The van der Waals surface area contributed by atoms with Crippen molar-refractivity contribution in [3.8, 4) is 0 Å². The Bertz CT molecular complexity index is 556. The normalized spacial score (nSPS) is 12.2. The van der Waals surface area contributed by atoms with Crippen LogP contribution in [0.1, 0.15) is 155 Å². The van der Waals surface area contributed by atoms with E-state index in [0.29, 0.717) is 13.0 Å². The Labute approximate surface area is 225 Å². The Balaban J connectivity index is 3.29. The topological polar surface area (TPSA) is 26.3 Å². The smallest absolute Gasteiger partial charge is 0.305 e. The van der Waals surface area contributed by atoms with Crippen LogP contribution in [0.4, 0.5) is 0 Å². The van der Waals surface area contributed by atoms with Gasteiger partial charge in [0, 0.05) is 6.42 Å². The van der Waals surface area contributed by atoms with Crippen LogP contribution in [-0.2, 0) is 9.53 Å². The van der Waals surface area contributed by atoms with Crippen LogP contribution in [0.25, 0.3) is 0 Å². The number of hydrogen-bond donors (Lipinski definition) is 0. The molecule has 208 valence electrons. The molecule has 0 aliphatic carbocycles. The van der Waals surface area contributed by atoms with Crippen molar-refractivity contribution in [2.75, 3.05) is 6.61 Å². The maximum atomic E-state index is 11.9. The van der Waals surface area contributed by atoms with Crippen molar-refractivity contribution in [1.29, 1.82) is 0 Å². The average molecular weight is 501 g/mol. The molecule has 0 N–H and O–H groups in total. The number of carbonyl (C=O) groups excluding carboxylic acids is 1. The molecule has 2 heteroatoms. The first-order valence-corrected chi connectivity index (χ1v) is 15.6. The van der Waals surface area contributed by atoms with Gasteiger partial charge in [0.1, 0.15) is 0 Å². The molecule has 0 aromatic heterocycles.